The van der Waals surface area contributed by atoms with E-state index < -0.39 is 6.10 Å². The molecule has 0 spiro atoms. The molecule has 0 heterocycles. The molecular formula is C10H22O4. The second-order valence-electron chi connectivity index (χ2n) is 3.11. The Labute approximate surface area is 86.2 Å². The maximum absolute atomic E-state index is 9.52. The predicted octanol–water partition coefficient (Wildman–Crippen LogP) is 1.17. The molecule has 86 valence electrons. The number of rotatable bonds is 9. The van der Waals surface area contributed by atoms with Crippen LogP contribution in [0.25, 0.3) is 0 Å². The van der Waals surface area contributed by atoms with Gasteiger partial charge in [0.05, 0.1) is 25.4 Å². The Bertz CT molecular complexity index is 119. The molecule has 0 aromatic rings. The summed E-state index contributed by atoms with van der Waals surface area (Å²) in [5, 5.41) is 9.52. The average molecular weight is 206 g/mol. The molecule has 0 radical (unpaired) electrons. The first kappa shape index (κ1) is 13.8. The predicted molar refractivity (Wildman–Crippen MR) is 54.2 cm³/mol. The second kappa shape index (κ2) is 9.40. The fourth-order valence-electron chi connectivity index (χ4n) is 1.10. The van der Waals surface area contributed by atoms with Gasteiger partial charge in [0.25, 0.3) is 0 Å². The number of aliphatic hydroxyl groups is 1. The molecule has 1 N–H and O–H groups in total. The monoisotopic (exact) mass is 206 g/mol. The van der Waals surface area contributed by atoms with Crippen molar-refractivity contribution in [2.45, 2.75) is 38.9 Å². The highest BCUT2D eigenvalue weighted by atomic mass is 16.7. The highest BCUT2D eigenvalue weighted by Gasteiger charge is 2.15. The van der Waals surface area contributed by atoms with Crippen LogP contribution in [0.4, 0.5) is 0 Å². The molecule has 0 saturated heterocycles. The van der Waals surface area contributed by atoms with E-state index in [2.05, 4.69) is 0 Å². The van der Waals surface area contributed by atoms with Gasteiger partial charge in [0.1, 0.15) is 6.79 Å². The lowest BCUT2D eigenvalue weighted by atomic mass is 10.1. The molecule has 4 nitrogen and oxygen atoms in total. The summed E-state index contributed by atoms with van der Waals surface area (Å²) in [5.41, 5.74) is 0. The summed E-state index contributed by atoms with van der Waals surface area (Å²) >= 11 is 0. The molecule has 0 aromatic carbocycles. The Hall–Kier alpha value is -0.160. The first-order chi connectivity index (χ1) is 6.76. The topological polar surface area (TPSA) is 47.9 Å². The number of hydrogen-bond acceptors (Lipinski definition) is 4. The molecule has 0 bridgehead atoms. The minimum absolute atomic E-state index is 0.123. The van der Waals surface area contributed by atoms with Crippen LogP contribution in [0.1, 0.15) is 26.7 Å². The van der Waals surface area contributed by atoms with Crippen LogP contribution in [0.3, 0.4) is 0 Å². The van der Waals surface area contributed by atoms with Crippen LogP contribution in [0, 0.1) is 0 Å². The Morgan fingerprint density at radius 1 is 1.14 bits per heavy atom. The Morgan fingerprint density at radius 3 is 2.36 bits per heavy atom. The normalized spacial score (nSPS) is 15.4. The van der Waals surface area contributed by atoms with Crippen LogP contribution in [0.5, 0.6) is 0 Å². The van der Waals surface area contributed by atoms with Crippen LogP contribution in [0.2, 0.25) is 0 Å². The third kappa shape index (κ3) is 6.32. The number of ether oxygens (including phenoxy) is 3. The third-order valence-corrected chi connectivity index (χ3v) is 2.05. The maximum atomic E-state index is 9.52. The molecule has 0 aliphatic rings. The SMILES string of the molecule is CC[C@@H](O)[C@H](CC)OCOCCOC. The Morgan fingerprint density at radius 2 is 1.86 bits per heavy atom. The van der Waals surface area contributed by atoms with Gasteiger partial charge in [-0.2, -0.15) is 0 Å². The summed E-state index contributed by atoms with van der Waals surface area (Å²) in [6.45, 7) is 5.23. The van der Waals surface area contributed by atoms with Crippen molar-refractivity contribution in [3.05, 3.63) is 0 Å². The summed E-state index contributed by atoms with van der Waals surface area (Å²) in [6, 6.07) is 0. The van der Waals surface area contributed by atoms with Crippen molar-refractivity contribution >= 4 is 0 Å². The van der Waals surface area contributed by atoms with Crippen LogP contribution >= 0.6 is 0 Å². The summed E-state index contributed by atoms with van der Waals surface area (Å²) in [7, 11) is 1.62. The van der Waals surface area contributed by atoms with Gasteiger partial charge in [0.2, 0.25) is 0 Å². The van der Waals surface area contributed by atoms with E-state index in [-0.39, 0.29) is 12.9 Å². The van der Waals surface area contributed by atoms with Crippen molar-refractivity contribution in [3.8, 4) is 0 Å². The van der Waals surface area contributed by atoms with E-state index in [0.717, 1.165) is 6.42 Å². The molecule has 2 atom stereocenters. The van der Waals surface area contributed by atoms with E-state index in [1.54, 1.807) is 7.11 Å². The summed E-state index contributed by atoms with van der Waals surface area (Å²) in [4.78, 5) is 0. The van der Waals surface area contributed by atoms with Crippen molar-refractivity contribution in [2.24, 2.45) is 0 Å². The van der Waals surface area contributed by atoms with Crippen LogP contribution in [-0.4, -0.2) is 44.4 Å². The zero-order chi connectivity index (χ0) is 10.8. The second-order valence-corrected chi connectivity index (χ2v) is 3.11. The van der Waals surface area contributed by atoms with Gasteiger partial charge in [-0.3, -0.25) is 0 Å². The van der Waals surface area contributed by atoms with Crippen molar-refractivity contribution < 1.29 is 19.3 Å². The molecule has 0 unspecified atom stereocenters. The van der Waals surface area contributed by atoms with Gasteiger partial charge >= 0.3 is 0 Å². The van der Waals surface area contributed by atoms with Crippen molar-refractivity contribution in [2.75, 3.05) is 27.1 Å². The van der Waals surface area contributed by atoms with Gasteiger partial charge in [-0.25, -0.2) is 0 Å². The average Bonchev–Trinajstić information content (AvgIpc) is 2.22. The minimum atomic E-state index is -0.397. The van der Waals surface area contributed by atoms with Crippen molar-refractivity contribution in [1.29, 1.82) is 0 Å². The summed E-state index contributed by atoms with van der Waals surface area (Å²) < 4.78 is 15.3. The highest BCUT2D eigenvalue weighted by Crippen LogP contribution is 2.07. The zero-order valence-electron chi connectivity index (χ0n) is 9.36. The Kier molecular flexibility index (Phi) is 9.29. The van der Waals surface area contributed by atoms with Gasteiger partial charge < -0.3 is 19.3 Å². The molecule has 0 aliphatic carbocycles. The molecule has 0 aliphatic heterocycles. The molecule has 0 rings (SSSR count). The Balaban J connectivity index is 3.42. The van der Waals surface area contributed by atoms with Crippen molar-refractivity contribution in [3.63, 3.8) is 0 Å². The van der Waals surface area contributed by atoms with E-state index in [4.69, 9.17) is 14.2 Å². The van der Waals surface area contributed by atoms with Gasteiger partial charge in [-0.1, -0.05) is 13.8 Å². The first-order valence-corrected chi connectivity index (χ1v) is 5.12. The minimum Gasteiger partial charge on any atom is -0.390 e. The van der Waals surface area contributed by atoms with E-state index in [0.29, 0.717) is 19.6 Å². The first-order valence-electron chi connectivity index (χ1n) is 5.12. The van der Waals surface area contributed by atoms with E-state index in [1.807, 2.05) is 13.8 Å². The van der Waals surface area contributed by atoms with Crippen LogP contribution < -0.4 is 0 Å². The summed E-state index contributed by atoms with van der Waals surface area (Å²) in [6.07, 6.45) is 0.979. The molecule has 0 aromatic heterocycles. The van der Waals surface area contributed by atoms with Crippen molar-refractivity contribution in [1.82, 2.24) is 0 Å². The van der Waals surface area contributed by atoms with Gasteiger partial charge in [0, 0.05) is 7.11 Å². The molecule has 0 fully saturated rings. The van der Waals surface area contributed by atoms with E-state index >= 15 is 0 Å². The van der Waals surface area contributed by atoms with E-state index in [1.165, 1.54) is 0 Å². The highest BCUT2D eigenvalue weighted by molar-refractivity contribution is 4.64. The van der Waals surface area contributed by atoms with Gasteiger partial charge in [-0.05, 0) is 12.8 Å². The maximum Gasteiger partial charge on any atom is 0.147 e. The molecule has 0 saturated carbocycles. The summed E-state index contributed by atoms with van der Waals surface area (Å²) in [5.74, 6) is 0. The molecular weight excluding hydrogens is 184 g/mol. The number of aliphatic hydroxyl groups excluding tert-OH is 1. The van der Waals surface area contributed by atoms with Crippen LogP contribution in [0.15, 0.2) is 0 Å². The van der Waals surface area contributed by atoms with Gasteiger partial charge in [0.15, 0.2) is 0 Å². The number of hydrogen-bond donors (Lipinski definition) is 1. The van der Waals surface area contributed by atoms with Crippen LogP contribution in [-0.2, 0) is 14.2 Å². The standard InChI is InChI=1S/C10H22O4/c1-4-9(11)10(5-2)14-8-13-7-6-12-3/h9-11H,4-8H2,1-3H3/t9-,10+/m1/s1. The van der Waals surface area contributed by atoms with E-state index in [9.17, 15) is 5.11 Å². The fraction of sp³-hybridized carbons (Fsp3) is 1.00. The number of methoxy groups -OCH3 is 1. The molecule has 14 heavy (non-hydrogen) atoms. The smallest absolute Gasteiger partial charge is 0.147 e. The lowest BCUT2D eigenvalue weighted by Gasteiger charge is -2.20. The zero-order valence-corrected chi connectivity index (χ0v) is 9.36. The fourth-order valence-corrected chi connectivity index (χ4v) is 1.10. The molecule has 4 heteroatoms. The lowest BCUT2D eigenvalue weighted by Crippen LogP contribution is -2.28. The van der Waals surface area contributed by atoms with Gasteiger partial charge in [-0.15, -0.1) is 0 Å². The quantitative estimate of drug-likeness (QED) is 0.454. The molecule has 0 amide bonds. The largest absolute Gasteiger partial charge is 0.390 e. The third-order valence-electron chi connectivity index (χ3n) is 2.05. The lowest BCUT2D eigenvalue weighted by molar-refractivity contribution is -0.130.